The Bertz CT molecular complexity index is 1400. The number of carbonyl (C=O) groups is 3. The first kappa shape index (κ1) is 22.0. The maximum Gasteiger partial charge on any atom is 0.293 e. The van der Waals surface area contributed by atoms with Crippen molar-refractivity contribution in [3.8, 4) is 11.5 Å². The van der Waals surface area contributed by atoms with Gasteiger partial charge in [0.2, 0.25) is 6.79 Å². The molecule has 1 aromatic carbocycles. The standard InChI is InChI=1S/C23H21N5O5S/c1-12-16(10-15-13(2)26-27(3)20(15)25-12)21(29)24-6-7-28-22(30)19(34-23(28)31)9-14-4-5-17-18(8-14)33-11-32-17/h4-5,8-10H,6-7,11H2,1-3H3,(H,24,29)/b19-9-. The lowest BCUT2D eigenvalue weighted by atomic mass is 10.1. The number of benzene rings is 1. The van der Waals surface area contributed by atoms with E-state index in [0.717, 1.165) is 33.3 Å². The summed E-state index contributed by atoms with van der Waals surface area (Å²) in [5.41, 5.74) is 3.23. The van der Waals surface area contributed by atoms with E-state index in [4.69, 9.17) is 9.47 Å². The van der Waals surface area contributed by atoms with Gasteiger partial charge >= 0.3 is 0 Å². The van der Waals surface area contributed by atoms with Crippen molar-refractivity contribution in [2.45, 2.75) is 13.8 Å². The Morgan fingerprint density at radius 1 is 1.18 bits per heavy atom. The molecule has 2 aliphatic rings. The fourth-order valence-electron chi connectivity index (χ4n) is 3.89. The smallest absolute Gasteiger partial charge is 0.293 e. The molecule has 1 saturated heterocycles. The van der Waals surface area contributed by atoms with Crippen LogP contribution in [0.2, 0.25) is 0 Å². The number of aromatic nitrogens is 3. The number of fused-ring (bicyclic) bond motifs is 2. The van der Waals surface area contributed by atoms with Crippen LogP contribution < -0.4 is 14.8 Å². The number of rotatable bonds is 5. The van der Waals surface area contributed by atoms with Gasteiger partial charge in [0.05, 0.1) is 21.9 Å². The summed E-state index contributed by atoms with van der Waals surface area (Å²) in [4.78, 5) is 43.9. The number of pyridine rings is 1. The van der Waals surface area contributed by atoms with Crippen LogP contribution in [0.3, 0.4) is 0 Å². The van der Waals surface area contributed by atoms with Crippen molar-refractivity contribution in [1.82, 2.24) is 25.0 Å². The molecule has 0 atom stereocenters. The highest BCUT2D eigenvalue weighted by Crippen LogP contribution is 2.36. The number of hydrogen-bond acceptors (Lipinski definition) is 8. The summed E-state index contributed by atoms with van der Waals surface area (Å²) >= 11 is 0.867. The molecule has 0 spiro atoms. The van der Waals surface area contributed by atoms with Crippen LogP contribution in [0.4, 0.5) is 4.79 Å². The molecule has 174 valence electrons. The molecule has 2 aromatic heterocycles. The summed E-state index contributed by atoms with van der Waals surface area (Å²) < 4.78 is 12.3. The third-order valence-corrected chi connectivity index (χ3v) is 6.53. The minimum absolute atomic E-state index is 0.0650. The number of nitrogens with one attached hydrogen (secondary N) is 1. The van der Waals surface area contributed by atoms with Crippen molar-refractivity contribution < 1.29 is 23.9 Å². The highest BCUT2D eigenvalue weighted by Gasteiger charge is 2.34. The van der Waals surface area contributed by atoms with E-state index in [1.165, 1.54) is 0 Å². The molecular formula is C23H21N5O5S. The molecule has 0 saturated carbocycles. The summed E-state index contributed by atoms with van der Waals surface area (Å²) in [6.07, 6.45) is 1.64. The van der Waals surface area contributed by atoms with Crippen molar-refractivity contribution in [1.29, 1.82) is 0 Å². The van der Waals surface area contributed by atoms with Gasteiger partial charge in [0.15, 0.2) is 17.1 Å². The quantitative estimate of drug-likeness (QED) is 0.556. The lowest BCUT2D eigenvalue weighted by Gasteiger charge is -2.13. The molecule has 1 fully saturated rings. The summed E-state index contributed by atoms with van der Waals surface area (Å²) in [5, 5.41) is 7.54. The van der Waals surface area contributed by atoms with Crippen molar-refractivity contribution in [2.24, 2.45) is 7.05 Å². The molecule has 3 aromatic rings. The molecule has 3 amide bonds. The van der Waals surface area contributed by atoms with Crippen LogP contribution in [-0.4, -0.2) is 56.6 Å². The third-order valence-electron chi connectivity index (χ3n) is 5.62. The predicted octanol–water partition coefficient (Wildman–Crippen LogP) is 2.78. The minimum atomic E-state index is -0.396. The lowest BCUT2D eigenvalue weighted by Crippen LogP contribution is -2.37. The van der Waals surface area contributed by atoms with Gasteiger partial charge < -0.3 is 14.8 Å². The Balaban J connectivity index is 1.24. The highest BCUT2D eigenvalue weighted by atomic mass is 32.2. The molecule has 0 bridgehead atoms. The van der Waals surface area contributed by atoms with E-state index in [1.54, 1.807) is 49.0 Å². The normalized spacial score (nSPS) is 16.2. The first-order chi connectivity index (χ1) is 16.3. The van der Waals surface area contributed by atoms with Crippen LogP contribution in [0.5, 0.6) is 11.5 Å². The molecule has 11 heteroatoms. The van der Waals surface area contributed by atoms with Gasteiger partial charge in [-0.25, -0.2) is 4.98 Å². The van der Waals surface area contributed by atoms with Crippen LogP contribution in [0.25, 0.3) is 17.1 Å². The summed E-state index contributed by atoms with van der Waals surface area (Å²) in [6, 6.07) is 7.07. The highest BCUT2D eigenvalue weighted by molar-refractivity contribution is 8.18. The van der Waals surface area contributed by atoms with E-state index in [1.807, 2.05) is 6.92 Å². The Hall–Kier alpha value is -3.86. The number of aryl methyl sites for hydroxylation is 3. The molecule has 1 N–H and O–H groups in total. The van der Waals surface area contributed by atoms with Crippen LogP contribution in [0.15, 0.2) is 29.2 Å². The molecule has 0 unspecified atom stereocenters. The van der Waals surface area contributed by atoms with Crippen molar-refractivity contribution in [3.05, 3.63) is 51.7 Å². The first-order valence-electron chi connectivity index (χ1n) is 10.6. The summed E-state index contributed by atoms with van der Waals surface area (Å²) in [6.45, 7) is 3.96. The minimum Gasteiger partial charge on any atom is -0.454 e. The zero-order valence-electron chi connectivity index (χ0n) is 18.7. The van der Waals surface area contributed by atoms with Crippen molar-refractivity contribution in [2.75, 3.05) is 19.9 Å². The largest absolute Gasteiger partial charge is 0.454 e. The van der Waals surface area contributed by atoms with Gasteiger partial charge in [0.25, 0.3) is 17.1 Å². The van der Waals surface area contributed by atoms with Gasteiger partial charge in [-0.15, -0.1) is 0 Å². The van der Waals surface area contributed by atoms with Crippen LogP contribution in [0, 0.1) is 13.8 Å². The van der Waals surface area contributed by atoms with Crippen LogP contribution in [0.1, 0.15) is 27.3 Å². The molecule has 5 rings (SSSR count). The topological polar surface area (TPSA) is 116 Å². The van der Waals surface area contributed by atoms with Crippen LogP contribution >= 0.6 is 11.8 Å². The van der Waals surface area contributed by atoms with Gasteiger partial charge in [-0.05, 0) is 55.4 Å². The fraction of sp³-hybridized carbons (Fsp3) is 0.261. The zero-order chi connectivity index (χ0) is 24.0. The van der Waals surface area contributed by atoms with Gasteiger partial charge in [-0.3, -0.25) is 24.0 Å². The van der Waals surface area contributed by atoms with E-state index in [-0.39, 0.29) is 31.0 Å². The average Bonchev–Trinajstić information content (AvgIpc) is 3.45. The zero-order valence-corrected chi connectivity index (χ0v) is 19.6. The van der Waals surface area contributed by atoms with E-state index in [2.05, 4.69) is 15.4 Å². The van der Waals surface area contributed by atoms with E-state index in [0.29, 0.717) is 33.3 Å². The fourth-order valence-corrected chi connectivity index (χ4v) is 4.75. The van der Waals surface area contributed by atoms with Crippen molar-refractivity contribution in [3.63, 3.8) is 0 Å². The molecule has 10 nitrogen and oxygen atoms in total. The SMILES string of the molecule is Cc1nc2c(cc1C(=O)NCCN1C(=O)S/C(=C\c3ccc4c(c3)OCO4)C1=O)c(C)nn2C. The average molecular weight is 480 g/mol. The molecule has 2 aliphatic heterocycles. The molecule has 0 aliphatic carbocycles. The Kier molecular flexibility index (Phi) is 5.48. The molecule has 0 radical (unpaired) electrons. The van der Waals surface area contributed by atoms with Gasteiger partial charge in [0.1, 0.15) is 0 Å². The second-order valence-corrected chi connectivity index (χ2v) is 8.90. The van der Waals surface area contributed by atoms with E-state index >= 15 is 0 Å². The maximum atomic E-state index is 12.8. The first-order valence-corrected chi connectivity index (χ1v) is 11.4. The number of hydrogen-bond donors (Lipinski definition) is 1. The number of amides is 3. The van der Waals surface area contributed by atoms with Gasteiger partial charge in [0, 0.05) is 25.5 Å². The predicted molar refractivity (Wildman–Crippen MR) is 126 cm³/mol. The number of thioether (sulfide) groups is 1. The van der Waals surface area contributed by atoms with Gasteiger partial charge in [-0.1, -0.05) is 6.07 Å². The lowest BCUT2D eigenvalue weighted by molar-refractivity contribution is -0.122. The molecule has 4 heterocycles. The Morgan fingerprint density at radius 2 is 1.97 bits per heavy atom. The molecule has 34 heavy (non-hydrogen) atoms. The number of imide groups is 1. The van der Waals surface area contributed by atoms with E-state index < -0.39 is 5.91 Å². The Morgan fingerprint density at radius 3 is 2.79 bits per heavy atom. The third kappa shape index (κ3) is 3.87. The second kappa shape index (κ2) is 8.49. The second-order valence-electron chi connectivity index (χ2n) is 7.90. The number of carbonyl (C=O) groups excluding carboxylic acids is 3. The Labute approximate surface area is 198 Å². The van der Waals surface area contributed by atoms with Crippen LogP contribution in [-0.2, 0) is 11.8 Å². The maximum absolute atomic E-state index is 12.8. The van der Waals surface area contributed by atoms with Gasteiger partial charge in [-0.2, -0.15) is 5.10 Å². The summed E-state index contributed by atoms with van der Waals surface area (Å²) in [7, 11) is 1.80. The van der Waals surface area contributed by atoms with Crippen molar-refractivity contribution >= 4 is 45.9 Å². The van der Waals surface area contributed by atoms with E-state index in [9.17, 15) is 14.4 Å². The number of nitrogens with zero attached hydrogens (tertiary/aromatic N) is 4. The number of ether oxygens (including phenoxy) is 2. The summed E-state index contributed by atoms with van der Waals surface area (Å²) in [5.74, 6) is 0.523. The molecular weight excluding hydrogens is 458 g/mol. The monoisotopic (exact) mass is 479 g/mol.